The Morgan fingerprint density at radius 3 is 2.29 bits per heavy atom. The number of anilines is 1. The number of nitrogens with one attached hydrogen (secondary N) is 1. The third kappa shape index (κ3) is 4.50. The fraction of sp³-hybridized carbons (Fsp3) is 0.0952. The summed E-state index contributed by atoms with van der Waals surface area (Å²) in [4.78, 5) is 11.2. The van der Waals surface area contributed by atoms with E-state index in [1.807, 2.05) is 30.3 Å². The first-order valence-electron chi connectivity index (χ1n) is 8.52. The fourth-order valence-corrected chi connectivity index (χ4v) is 3.86. The summed E-state index contributed by atoms with van der Waals surface area (Å²) in [7, 11) is -2.23. The van der Waals surface area contributed by atoms with Gasteiger partial charge < -0.3 is 10.5 Å². The number of carbonyl (C=O) groups is 1. The van der Waals surface area contributed by atoms with E-state index in [-0.39, 0.29) is 10.5 Å². The van der Waals surface area contributed by atoms with E-state index in [9.17, 15) is 13.2 Å². The topological polar surface area (TPSA) is 98.5 Å². The van der Waals surface area contributed by atoms with Gasteiger partial charge in [0.2, 0.25) is 5.91 Å². The number of rotatable bonds is 7. The molecule has 0 saturated carbocycles. The minimum Gasteiger partial charge on any atom is -0.496 e. The number of benzene rings is 3. The predicted molar refractivity (Wildman–Crippen MR) is 108 cm³/mol. The lowest BCUT2D eigenvalue weighted by Crippen LogP contribution is -2.15. The minimum atomic E-state index is -3.81. The summed E-state index contributed by atoms with van der Waals surface area (Å²) in [5, 5.41) is 0. The second-order valence-corrected chi connectivity index (χ2v) is 7.87. The highest BCUT2D eigenvalue weighted by Crippen LogP contribution is 2.27. The van der Waals surface area contributed by atoms with Crippen LogP contribution in [-0.4, -0.2) is 21.4 Å². The van der Waals surface area contributed by atoms with Gasteiger partial charge in [0.15, 0.2) is 0 Å². The average Bonchev–Trinajstić information content (AvgIpc) is 2.69. The number of nitrogens with two attached hydrogens (primary N) is 1. The van der Waals surface area contributed by atoms with Crippen LogP contribution in [0.5, 0.6) is 5.75 Å². The number of amides is 1. The minimum absolute atomic E-state index is 0.0397. The molecule has 3 aromatic carbocycles. The van der Waals surface area contributed by atoms with Gasteiger partial charge >= 0.3 is 0 Å². The van der Waals surface area contributed by atoms with Gasteiger partial charge in [-0.15, -0.1) is 0 Å². The monoisotopic (exact) mass is 396 g/mol. The molecule has 0 bridgehead atoms. The molecule has 0 unspecified atom stereocenters. The van der Waals surface area contributed by atoms with Crippen molar-refractivity contribution in [1.29, 1.82) is 0 Å². The third-order valence-electron chi connectivity index (χ3n) is 4.22. The Hall–Kier alpha value is -3.32. The Morgan fingerprint density at radius 2 is 1.68 bits per heavy atom. The SMILES string of the molecule is COc1ccc(NS(=O)(=O)c2ccc(C(N)=O)cc2)cc1Cc1ccccc1. The summed E-state index contributed by atoms with van der Waals surface area (Å²) >= 11 is 0. The standard InChI is InChI=1S/C21H20N2O4S/c1-27-20-12-9-18(14-17(20)13-15-5-3-2-4-6-15)23-28(25,26)19-10-7-16(8-11-19)21(22)24/h2-12,14,23H,13H2,1H3,(H2,22,24). The van der Waals surface area contributed by atoms with E-state index < -0.39 is 15.9 Å². The molecule has 0 radical (unpaired) electrons. The lowest BCUT2D eigenvalue weighted by atomic mass is 10.0. The maximum atomic E-state index is 12.6. The maximum absolute atomic E-state index is 12.6. The van der Waals surface area contributed by atoms with Gasteiger partial charge in [-0.2, -0.15) is 0 Å². The molecule has 0 aromatic heterocycles. The van der Waals surface area contributed by atoms with Gasteiger partial charge in [-0.25, -0.2) is 8.42 Å². The van der Waals surface area contributed by atoms with Gasteiger partial charge in [-0.3, -0.25) is 9.52 Å². The molecule has 28 heavy (non-hydrogen) atoms. The number of hydrogen-bond donors (Lipinski definition) is 2. The van der Waals surface area contributed by atoms with Crippen molar-refractivity contribution >= 4 is 21.6 Å². The van der Waals surface area contributed by atoms with Crippen molar-refractivity contribution in [2.24, 2.45) is 5.73 Å². The molecule has 3 rings (SSSR count). The van der Waals surface area contributed by atoms with Crippen LogP contribution in [0.3, 0.4) is 0 Å². The molecular formula is C21H20N2O4S. The maximum Gasteiger partial charge on any atom is 0.261 e. The molecule has 0 fully saturated rings. The first-order valence-corrected chi connectivity index (χ1v) is 10.0. The molecule has 0 heterocycles. The Morgan fingerprint density at radius 1 is 1.00 bits per heavy atom. The van der Waals surface area contributed by atoms with E-state index in [1.165, 1.54) is 24.3 Å². The first kappa shape index (κ1) is 19.4. The largest absolute Gasteiger partial charge is 0.496 e. The van der Waals surface area contributed by atoms with Crippen molar-refractivity contribution in [3.63, 3.8) is 0 Å². The molecule has 0 aliphatic heterocycles. The third-order valence-corrected chi connectivity index (χ3v) is 5.62. The first-order chi connectivity index (χ1) is 13.4. The number of sulfonamides is 1. The van der Waals surface area contributed by atoms with Gasteiger partial charge in [0.05, 0.1) is 12.0 Å². The Balaban J connectivity index is 1.87. The quantitative estimate of drug-likeness (QED) is 0.641. The zero-order valence-electron chi connectivity index (χ0n) is 15.3. The predicted octanol–water partition coefficient (Wildman–Crippen LogP) is 3.19. The van der Waals surface area contributed by atoms with Crippen LogP contribution >= 0.6 is 0 Å². The molecule has 3 aromatic rings. The molecule has 0 atom stereocenters. The molecule has 0 aliphatic rings. The van der Waals surface area contributed by atoms with Crippen LogP contribution < -0.4 is 15.2 Å². The number of hydrogen-bond acceptors (Lipinski definition) is 4. The van der Waals surface area contributed by atoms with Crippen molar-refractivity contribution in [2.45, 2.75) is 11.3 Å². The highest BCUT2D eigenvalue weighted by molar-refractivity contribution is 7.92. The summed E-state index contributed by atoms with van der Waals surface area (Å²) in [5.41, 5.74) is 7.80. The summed E-state index contributed by atoms with van der Waals surface area (Å²) in [6, 6.07) is 20.4. The van der Waals surface area contributed by atoms with Gasteiger partial charge in [-0.1, -0.05) is 30.3 Å². The van der Waals surface area contributed by atoms with Crippen LogP contribution in [0, 0.1) is 0 Å². The van der Waals surface area contributed by atoms with Crippen LogP contribution in [0.1, 0.15) is 21.5 Å². The zero-order chi connectivity index (χ0) is 20.1. The number of methoxy groups -OCH3 is 1. The second kappa shape index (κ2) is 8.14. The molecule has 6 nitrogen and oxygen atoms in total. The lowest BCUT2D eigenvalue weighted by molar-refractivity contribution is 0.1000. The van der Waals surface area contributed by atoms with Crippen LogP contribution in [0.25, 0.3) is 0 Å². The van der Waals surface area contributed by atoms with Crippen molar-refractivity contribution in [1.82, 2.24) is 0 Å². The van der Waals surface area contributed by atoms with Crippen LogP contribution in [0.2, 0.25) is 0 Å². The van der Waals surface area contributed by atoms with Crippen molar-refractivity contribution in [3.05, 3.63) is 89.5 Å². The number of primary amides is 1. The fourth-order valence-electron chi connectivity index (χ4n) is 2.81. The smallest absolute Gasteiger partial charge is 0.261 e. The van der Waals surface area contributed by atoms with Crippen molar-refractivity contribution < 1.29 is 17.9 Å². The van der Waals surface area contributed by atoms with E-state index in [0.29, 0.717) is 17.9 Å². The average molecular weight is 396 g/mol. The van der Waals surface area contributed by atoms with Crippen LogP contribution in [0.4, 0.5) is 5.69 Å². The Labute approximate surface area is 164 Å². The highest BCUT2D eigenvalue weighted by Gasteiger charge is 2.16. The molecular weight excluding hydrogens is 376 g/mol. The van der Waals surface area contributed by atoms with E-state index in [4.69, 9.17) is 10.5 Å². The van der Waals surface area contributed by atoms with Crippen molar-refractivity contribution in [3.8, 4) is 5.75 Å². The van der Waals surface area contributed by atoms with E-state index in [0.717, 1.165) is 11.1 Å². The summed E-state index contributed by atoms with van der Waals surface area (Å²) in [6.45, 7) is 0. The molecule has 1 amide bonds. The van der Waals surface area contributed by atoms with Gasteiger partial charge in [0.25, 0.3) is 10.0 Å². The van der Waals surface area contributed by atoms with Gasteiger partial charge in [0, 0.05) is 23.2 Å². The summed E-state index contributed by atoms with van der Waals surface area (Å²) in [5.74, 6) is 0.0650. The lowest BCUT2D eigenvalue weighted by Gasteiger charge is -2.13. The number of carbonyl (C=O) groups excluding carboxylic acids is 1. The highest BCUT2D eigenvalue weighted by atomic mass is 32.2. The molecule has 0 saturated heterocycles. The van der Waals surface area contributed by atoms with Crippen molar-refractivity contribution in [2.75, 3.05) is 11.8 Å². The summed E-state index contributed by atoms with van der Waals surface area (Å²) < 4.78 is 33.3. The second-order valence-electron chi connectivity index (χ2n) is 6.18. The van der Waals surface area contributed by atoms with E-state index in [2.05, 4.69) is 4.72 Å². The molecule has 3 N–H and O–H groups in total. The molecule has 0 spiro atoms. The van der Waals surface area contributed by atoms with Gasteiger partial charge in [0.1, 0.15) is 5.75 Å². The normalized spacial score (nSPS) is 11.0. The molecule has 7 heteroatoms. The van der Waals surface area contributed by atoms with Crippen LogP contribution in [-0.2, 0) is 16.4 Å². The van der Waals surface area contributed by atoms with E-state index in [1.54, 1.807) is 25.3 Å². The zero-order valence-corrected chi connectivity index (χ0v) is 16.1. The van der Waals surface area contributed by atoms with Gasteiger partial charge in [-0.05, 0) is 48.0 Å². The summed E-state index contributed by atoms with van der Waals surface area (Å²) in [6.07, 6.45) is 0.604. The molecule has 0 aliphatic carbocycles. The molecule has 144 valence electrons. The number of ether oxygens (including phenoxy) is 1. The Kier molecular flexibility index (Phi) is 5.65. The van der Waals surface area contributed by atoms with E-state index >= 15 is 0 Å². The Bertz CT molecular complexity index is 1080. The van der Waals surface area contributed by atoms with Crippen LogP contribution in [0.15, 0.2) is 77.7 Å².